The van der Waals surface area contributed by atoms with E-state index in [0.29, 0.717) is 17.1 Å². The lowest BCUT2D eigenvalue weighted by molar-refractivity contribution is 0.0505. The highest BCUT2D eigenvalue weighted by Crippen LogP contribution is 2.32. The van der Waals surface area contributed by atoms with E-state index in [-0.39, 0.29) is 43.7 Å². The van der Waals surface area contributed by atoms with Gasteiger partial charge < -0.3 is 18.9 Å². The average molecular weight is 374 g/mol. The number of ketones is 1. The summed E-state index contributed by atoms with van der Waals surface area (Å²) in [6.45, 7) is 3.47. The molecule has 9 heteroatoms. The van der Waals surface area contributed by atoms with Gasteiger partial charge in [-0.2, -0.15) is 5.10 Å². The Kier molecular flexibility index (Phi) is 5.39. The van der Waals surface area contributed by atoms with E-state index >= 15 is 0 Å². The molecule has 0 aliphatic carbocycles. The fraction of sp³-hybridized carbons (Fsp3) is 0.333. The Balaban J connectivity index is 1.86. The number of fused-ring (bicyclic) bond motifs is 1. The van der Waals surface area contributed by atoms with E-state index in [1.54, 1.807) is 32.0 Å². The van der Waals surface area contributed by atoms with E-state index in [4.69, 9.17) is 18.9 Å². The first-order valence-corrected chi connectivity index (χ1v) is 8.38. The van der Waals surface area contributed by atoms with E-state index in [2.05, 4.69) is 5.10 Å². The molecular formula is C18H18N2O7. The number of rotatable bonds is 7. The summed E-state index contributed by atoms with van der Waals surface area (Å²) in [5.41, 5.74) is 0.287. The maximum absolute atomic E-state index is 12.6. The number of benzene rings is 1. The van der Waals surface area contributed by atoms with Gasteiger partial charge in [-0.05, 0) is 32.0 Å². The Morgan fingerprint density at radius 1 is 1.04 bits per heavy atom. The summed E-state index contributed by atoms with van der Waals surface area (Å²) >= 11 is 0. The quantitative estimate of drug-likeness (QED) is 0.534. The van der Waals surface area contributed by atoms with E-state index in [1.807, 2.05) is 0 Å². The van der Waals surface area contributed by atoms with Gasteiger partial charge in [0, 0.05) is 11.6 Å². The van der Waals surface area contributed by atoms with Gasteiger partial charge in [-0.25, -0.2) is 14.3 Å². The van der Waals surface area contributed by atoms with Gasteiger partial charge in [0.25, 0.3) is 0 Å². The summed E-state index contributed by atoms with van der Waals surface area (Å²) in [6, 6.07) is 6.04. The Bertz CT molecular complexity index is 888. The monoisotopic (exact) mass is 374 g/mol. The molecule has 0 amide bonds. The third-order valence-corrected chi connectivity index (χ3v) is 3.74. The summed E-state index contributed by atoms with van der Waals surface area (Å²) in [7, 11) is 0. The van der Waals surface area contributed by atoms with Crippen LogP contribution in [0, 0.1) is 0 Å². The third kappa shape index (κ3) is 3.91. The second kappa shape index (κ2) is 7.90. The van der Waals surface area contributed by atoms with Crippen molar-refractivity contribution >= 4 is 17.7 Å². The van der Waals surface area contributed by atoms with Crippen LogP contribution in [0.5, 0.6) is 11.5 Å². The van der Waals surface area contributed by atoms with Crippen LogP contribution in [-0.2, 0) is 16.0 Å². The molecule has 0 saturated heterocycles. The van der Waals surface area contributed by atoms with Gasteiger partial charge in [0.2, 0.25) is 6.79 Å². The predicted molar refractivity (Wildman–Crippen MR) is 91.0 cm³/mol. The van der Waals surface area contributed by atoms with Crippen LogP contribution in [-0.4, -0.2) is 47.5 Å². The topological polar surface area (TPSA) is 106 Å². The van der Waals surface area contributed by atoms with Gasteiger partial charge in [-0.1, -0.05) is 0 Å². The van der Waals surface area contributed by atoms with Crippen molar-refractivity contribution in [1.82, 2.24) is 9.78 Å². The normalized spacial score (nSPS) is 11.9. The Morgan fingerprint density at radius 3 is 2.48 bits per heavy atom. The molecule has 1 aliphatic rings. The van der Waals surface area contributed by atoms with E-state index < -0.39 is 11.9 Å². The molecule has 0 unspecified atom stereocenters. The first-order valence-electron chi connectivity index (χ1n) is 8.38. The zero-order valence-corrected chi connectivity index (χ0v) is 14.9. The SMILES string of the molecule is CCOC(=O)c1cc(C(=O)OCC)n(CC(=O)c2ccc3c(c2)OCO3)n1. The molecule has 142 valence electrons. The molecule has 9 nitrogen and oxygen atoms in total. The lowest BCUT2D eigenvalue weighted by Crippen LogP contribution is -2.18. The van der Waals surface area contributed by atoms with Crippen LogP contribution in [0.4, 0.5) is 0 Å². The molecule has 1 aromatic carbocycles. The van der Waals surface area contributed by atoms with Gasteiger partial charge in [-0.15, -0.1) is 0 Å². The fourth-order valence-corrected chi connectivity index (χ4v) is 2.51. The molecule has 0 N–H and O–H groups in total. The summed E-state index contributed by atoms with van der Waals surface area (Å²) < 4.78 is 21.5. The van der Waals surface area contributed by atoms with Gasteiger partial charge in [-0.3, -0.25) is 4.79 Å². The van der Waals surface area contributed by atoms with Crippen molar-refractivity contribution in [3.05, 3.63) is 41.2 Å². The van der Waals surface area contributed by atoms with Crippen LogP contribution in [0.2, 0.25) is 0 Å². The number of Topliss-reactive ketones (excluding diaryl/α,β-unsaturated/α-hetero) is 1. The molecule has 2 aromatic rings. The van der Waals surface area contributed by atoms with Crippen molar-refractivity contribution in [2.24, 2.45) is 0 Å². The minimum Gasteiger partial charge on any atom is -0.461 e. The molecule has 1 aliphatic heterocycles. The van der Waals surface area contributed by atoms with Gasteiger partial charge in [0.05, 0.1) is 13.2 Å². The number of ether oxygens (including phenoxy) is 4. The van der Waals surface area contributed by atoms with Crippen molar-refractivity contribution in [3.8, 4) is 11.5 Å². The van der Waals surface area contributed by atoms with E-state index in [1.165, 1.54) is 6.07 Å². The van der Waals surface area contributed by atoms with E-state index in [0.717, 1.165) is 4.68 Å². The number of hydrogen-bond acceptors (Lipinski definition) is 8. The number of aromatic nitrogens is 2. The summed E-state index contributed by atoms with van der Waals surface area (Å²) in [6.07, 6.45) is 0. The van der Waals surface area contributed by atoms with Gasteiger partial charge in [0.1, 0.15) is 12.2 Å². The molecule has 2 heterocycles. The number of carbonyl (C=O) groups excluding carboxylic acids is 3. The van der Waals surface area contributed by atoms with Crippen LogP contribution in [0.25, 0.3) is 0 Å². The number of carbonyl (C=O) groups is 3. The van der Waals surface area contributed by atoms with E-state index in [9.17, 15) is 14.4 Å². The molecule has 0 radical (unpaired) electrons. The van der Waals surface area contributed by atoms with Crippen LogP contribution < -0.4 is 9.47 Å². The smallest absolute Gasteiger partial charge is 0.358 e. The molecule has 0 fully saturated rings. The number of hydrogen-bond donors (Lipinski definition) is 0. The van der Waals surface area contributed by atoms with Crippen LogP contribution in [0.15, 0.2) is 24.3 Å². The molecule has 0 saturated carbocycles. The van der Waals surface area contributed by atoms with Crippen molar-refractivity contribution in [2.45, 2.75) is 20.4 Å². The van der Waals surface area contributed by atoms with Gasteiger partial charge >= 0.3 is 11.9 Å². The molecular weight excluding hydrogens is 356 g/mol. The molecule has 3 rings (SSSR count). The van der Waals surface area contributed by atoms with Crippen molar-refractivity contribution in [3.63, 3.8) is 0 Å². The standard InChI is InChI=1S/C18H18N2O7/c1-3-24-17(22)12-8-13(18(23)25-4-2)20(19-12)9-14(21)11-5-6-15-16(7-11)27-10-26-15/h5-8H,3-4,9-10H2,1-2H3. The predicted octanol–water partition coefficient (Wildman–Crippen LogP) is 1.85. The molecule has 1 aromatic heterocycles. The minimum atomic E-state index is -0.683. The lowest BCUT2D eigenvalue weighted by Gasteiger charge is -2.07. The largest absolute Gasteiger partial charge is 0.461 e. The zero-order valence-electron chi connectivity index (χ0n) is 14.9. The highest BCUT2D eigenvalue weighted by Gasteiger charge is 2.23. The van der Waals surface area contributed by atoms with Crippen LogP contribution in [0.1, 0.15) is 45.2 Å². The van der Waals surface area contributed by atoms with Crippen LogP contribution in [0.3, 0.4) is 0 Å². The average Bonchev–Trinajstić information content (AvgIpc) is 3.28. The first kappa shape index (κ1) is 18.4. The molecule has 0 atom stereocenters. The third-order valence-electron chi connectivity index (χ3n) is 3.74. The molecule has 0 bridgehead atoms. The first-order chi connectivity index (χ1) is 13.0. The molecule has 0 spiro atoms. The summed E-state index contributed by atoms with van der Waals surface area (Å²) in [5.74, 6) is -0.657. The lowest BCUT2D eigenvalue weighted by atomic mass is 10.1. The summed E-state index contributed by atoms with van der Waals surface area (Å²) in [4.78, 5) is 36.7. The maximum atomic E-state index is 12.6. The van der Waals surface area contributed by atoms with Gasteiger partial charge in [0.15, 0.2) is 23.0 Å². The number of nitrogens with zero attached hydrogens (tertiary/aromatic N) is 2. The minimum absolute atomic E-state index is 0.00556. The highest BCUT2D eigenvalue weighted by atomic mass is 16.7. The summed E-state index contributed by atoms with van der Waals surface area (Å²) in [5, 5.41) is 4.03. The maximum Gasteiger partial charge on any atom is 0.358 e. The Labute approximate surface area is 154 Å². The van der Waals surface area contributed by atoms with Crippen molar-refractivity contribution < 1.29 is 33.3 Å². The highest BCUT2D eigenvalue weighted by molar-refractivity contribution is 5.98. The van der Waals surface area contributed by atoms with Crippen molar-refractivity contribution in [2.75, 3.05) is 20.0 Å². The fourth-order valence-electron chi connectivity index (χ4n) is 2.51. The Morgan fingerprint density at radius 2 is 1.74 bits per heavy atom. The second-order valence-corrected chi connectivity index (χ2v) is 5.50. The van der Waals surface area contributed by atoms with Crippen molar-refractivity contribution in [1.29, 1.82) is 0 Å². The zero-order chi connectivity index (χ0) is 19.4. The Hall–Kier alpha value is -3.36. The molecule has 27 heavy (non-hydrogen) atoms. The van der Waals surface area contributed by atoms with Crippen LogP contribution >= 0.6 is 0 Å². The second-order valence-electron chi connectivity index (χ2n) is 5.50. The number of esters is 2.